The number of nitrogens with one attached hydrogen (secondary N) is 2. The van der Waals surface area contributed by atoms with Crippen LogP contribution in [-0.4, -0.2) is 63.1 Å². The Labute approximate surface area is 245 Å². The number of methoxy groups -OCH3 is 1. The van der Waals surface area contributed by atoms with Crippen molar-refractivity contribution in [1.82, 2.24) is 30.2 Å². The van der Waals surface area contributed by atoms with Crippen molar-refractivity contribution in [3.05, 3.63) is 72.8 Å². The number of nitrogens with zero attached hydrogens (tertiary/aromatic N) is 4. The fraction of sp³-hybridized carbons (Fsp3) is 0.344. The average molecular weight is 569 g/mol. The standard InChI is InChI=1S/C32H36N6O4/c1-6-42-20(4)23-13-14-24-25(16-23)33-17-26(35-24)21-9-11-22(12-10-21)27-18-34-30(36-27)28-8-7-15-38(28)31(39)29(19(2)3)37-32(40)41-5/h9-14,16-19,28-29H,4,6-8,15H2,1-3,5H3,(H,34,36)(H,37,40). The van der Waals surface area contributed by atoms with Crippen LogP contribution in [0.5, 0.6) is 0 Å². The third-order valence-electron chi connectivity index (χ3n) is 7.51. The van der Waals surface area contributed by atoms with Crippen LogP contribution >= 0.6 is 0 Å². The van der Waals surface area contributed by atoms with Crippen LogP contribution in [-0.2, 0) is 14.3 Å². The van der Waals surface area contributed by atoms with Gasteiger partial charge in [-0.15, -0.1) is 0 Å². The van der Waals surface area contributed by atoms with Gasteiger partial charge in [-0.25, -0.2) is 14.8 Å². The molecule has 2 unspecified atom stereocenters. The third-order valence-corrected chi connectivity index (χ3v) is 7.51. The summed E-state index contributed by atoms with van der Waals surface area (Å²) in [6.07, 6.45) is 4.60. The molecule has 42 heavy (non-hydrogen) atoms. The molecule has 2 aromatic heterocycles. The highest BCUT2D eigenvalue weighted by molar-refractivity contribution is 5.86. The Morgan fingerprint density at radius 2 is 1.86 bits per heavy atom. The van der Waals surface area contributed by atoms with Crippen LogP contribution in [0.1, 0.15) is 51.0 Å². The number of aromatic amines is 1. The molecule has 3 heterocycles. The Morgan fingerprint density at radius 3 is 2.57 bits per heavy atom. The number of imidazole rings is 1. The van der Waals surface area contributed by atoms with Crippen LogP contribution in [0.2, 0.25) is 0 Å². The molecule has 2 amide bonds. The Morgan fingerprint density at radius 1 is 1.10 bits per heavy atom. The van der Waals surface area contributed by atoms with Gasteiger partial charge < -0.3 is 24.7 Å². The summed E-state index contributed by atoms with van der Waals surface area (Å²) < 4.78 is 10.2. The minimum atomic E-state index is -0.671. The highest BCUT2D eigenvalue weighted by Gasteiger charge is 2.37. The maximum atomic E-state index is 13.4. The van der Waals surface area contributed by atoms with E-state index in [1.807, 2.05) is 63.2 Å². The van der Waals surface area contributed by atoms with Crippen molar-refractivity contribution in [2.75, 3.05) is 20.3 Å². The van der Waals surface area contributed by atoms with E-state index < -0.39 is 12.1 Å². The van der Waals surface area contributed by atoms with Crippen LogP contribution in [0.4, 0.5) is 4.79 Å². The molecular formula is C32H36N6O4. The fourth-order valence-electron chi connectivity index (χ4n) is 5.25. The molecule has 0 saturated carbocycles. The lowest BCUT2D eigenvalue weighted by Crippen LogP contribution is -2.51. The molecule has 0 spiro atoms. The van der Waals surface area contributed by atoms with Crippen molar-refractivity contribution in [2.24, 2.45) is 5.92 Å². The normalized spacial score (nSPS) is 15.5. The molecule has 218 valence electrons. The predicted octanol–water partition coefficient (Wildman–Crippen LogP) is 5.74. The van der Waals surface area contributed by atoms with E-state index in [9.17, 15) is 9.59 Å². The zero-order valence-electron chi connectivity index (χ0n) is 24.4. The van der Waals surface area contributed by atoms with E-state index >= 15 is 0 Å². The molecule has 2 aromatic carbocycles. The first-order chi connectivity index (χ1) is 20.3. The topological polar surface area (TPSA) is 122 Å². The van der Waals surface area contributed by atoms with Gasteiger partial charge in [-0.05, 0) is 49.4 Å². The molecule has 0 bridgehead atoms. The summed E-state index contributed by atoms with van der Waals surface area (Å²) in [4.78, 5) is 44.5. The molecule has 2 atom stereocenters. The number of H-pyrrole nitrogens is 1. The van der Waals surface area contributed by atoms with Gasteiger partial charge in [0.05, 0.1) is 54.6 Å². The zero-order valence-corrected chi connectivity index (χ0v) is 24.4. The predicted molar refractivity (Wildman–Crippen MR) is 161 cm³/mol. The molecule has 0 radical (unpaired) electrons. The SMILES string of the molecule is C=C(OCC)c1ccc2nc(-c3ccc(-c4cnc(C5CCCN5C(=O)C(NC(=O)OC)C(C)C)[nH]4)cc3)cnc2c1. The highest BCUT2D eigenvalue weighted by Crippen LogP contribution is 2.33. The number of ether oxygens (including phenoxy) is 2. The molecule has 1 aliphatic heterocycles. The number of aromatic nitrogens is 4. The second-order valence-corrected chi connectivity index (χ2v) is 10.6. The average Bonchev–Trinajstić information content (AvgIpc) is 3.69. The van der Waals surface area contributed by atoms with Gasteiger partial charge in [0, 0.05) is 17.7 Å². The van der Waals surface area contributed by atoms with E-state index in [0.717, 1.165) is 57.8 Å². The lowest BCUT2D eigenvalue weighted by Gasteiger charge is -2.30. The maximum Gasteiger partial charge on any atom is 0.407 e. The van der Waals surface area contributed by atoms with Crippen molar-refractivity contribution in [2.45, 2.75) is 45.7 Å². The first kappa shape index (κ1) is 28.8. The van der Waals surface area contributed by atoms with Crippen molar-refractivity contribution in [3.8, 4) is 22.5 Å². The number of carbonyl (C=O) groups excluding carboxylic acids is 2. The van der Waals surface area contributed by atoms with Gasteiger partial charge in [-0.3, -0.25) is 9.78 Å². The van der Waals surface area contributed by atoms with Crippen molar-refractivity contribution >= 4 is 28.8 Å². The molecule has 2 N–H and O–H groups in total. The molecule has 1 fully saturated rings. The second kappa shape index (κ2) is 12.4. The fourth-order valence-corrected chi connectivity index (χ4v) is 5.25. The Hall–Kier alpha value is -4.73. The van der Waals surface area contributed by atoms with Crippen LogP contribution in [0, 0.1) is 5.92 Å². The number of amides is 2. The summed E-state index contributed by atoms with van der Waals surface area (Å²) in [6.45, 7) is 10.9. The Balaban J connectivity index is 1.31. The van der Waals surface area contributed by atoms with Gasteiger partial charge in [-0.1, -0.05) is 44.7 Å². The van der Waals surface area contributed by atoms with Crippen molar-refractivity contribution in [3.63, 3.8) is 0 Å². The lowest BCUT2D eigenvalue weighted by molar-refractivity contribution is -0.135. The number of rotatable bonds is 9. The van der Waals surface area contributed by atoms with Gasteiger partial charge in [0.25, 0.3) is 0 Å². The Bertz CT molecular complexity index is 1600. The van der Waals surface area contributed by atoms with Crippen LogP contribution in [0.25, 0.3) is 39.3 Å². The van der Waals surface area contributed by atoms with E-state index in [1.165, 1.54) is 7.11 Å². The summed E-state index contributed by atoms with van der Waals surface area (Å²) in [5.74, 6) is 1.12. The van der Waals surface area contributed by atoms with Crippen molar-refractivity contribution in [1.29, 1.82) is 0 Å². The summed E-state index contributed by atoms with van der Waals surface area (Å²) >= 11 is 0. The maximum absolute atomic E-state index is 13.4. The van der Waals surface area contributed by atoms with Crippen LogP contribution < -0.4 is 5.32 Å². The first-order valence-corrected chi connectivity index (χ1v) is 14.2. The molecule has 1 aliphatic rings. The number of likely N-dealkylation sites (tertiary alicyclic amines) is 1. The quantitative estimate of drug-likeness (QED) is 0.247. The monoisotopic (exact) mass is 568 g/mol. The summed E-state index contributed by atoms with van der Waals surface area (Å²) in [6, 6.07) is 13.0. The summed E-state index contributed by atoms with van der Waals surface area (Å²) in [5.41, 5.74) is 6.00. The largest absolute Gasteiger partial charge is 0.494 e. The van der Waals surface area contributed by atoms with Gasteiger partial charge in [-0.2, -0.15) is 0 Å². The van der Waals surface area contributed by atoms with Gasteiger partial charge >= 0.3 is 6.09 Å². The zero-order chi connectivity index (χ0) is 29.8. The molecule has 10 nitrogen and oxygen atoms in total. The molecule has 0 aliphatic carbocycles. The van der Waals surface area contributed by atoms with E-state index in [0.29, 0.717) is 18.9 Å². The van der Waals surface area contributed by atoms with Crippen LogP contribution in [0.15, 0.2) is 61.4 Å². The number of carbonyl (C=O) groups is 2. The highest BCUT2D eigenvalue weighted by atomic mass is 16.5. The molecular weight excluding hydrogens is 532 g/mol. The minimum absolute atomic E-state index is 0.0892. The minimum Gasteiger partial charge on any atom is -0.494 e. The van der Waals surface area contributed by atoms with E-state index in [2.05, 4.69) is 26.8 Å². The lowest BCUT2D eigenvalue weighted by atomic mass is 10.0. The van der Waals surface area contributed by atoms with Crippen molar-refractivity contribution < 1.29 is 19.1 Å². The van der Waals surface area contributed by atoms with Gasteiger partial charge in [0.2, 0.25) is 5.91 Å². The third kappa shape index (κ3) is 5.97. The summed E-state index contributed by atoms with van der Waals surface area (Å²) in [5, 5.41) is 2.68. The number of benzene rings is 2. The van der Waals surface area contributed by atoms with E-state index in [-0.39, 0.29) is 17.9 Å². The number of alkyl carbamates (subject to hydrolysis) is 1. The van der Waals surface area contributed by atoms with Gasteiger partial charge in [0.15, 0.2) is 0 Å². The number of hydrogen-bond acceptors (Lipinski definition) is 7. The van der Waals surface area contributed by atoms with Gasteiger partial charge in [0.1, 0.15) is 17.6 Å². The smallest absolute Gasteiger partial charge is 0.407 e. The number of hydrogen-bond donors (Lipinski definition) is 2. The molecule has 1 saturated heterocycles. The van der Waals surface area contributed by atoms with Crippen LogP contribution in [0.3, 0.4) is 0 Å². The Kier molecular flexibility index (Phi) is 8.51. The van der Waals surface area contributed by atoms with E-state index in [4.69, 9.17) is 14.5 Å². The summed E-state index contributed by atoms with van der Waals surface area (Å²) in [7, 11) is 1.29. The molecule has 5 rings (SSSR count). The number of fused-ring (bicyclic) bond motifs is 1. The molecule has 10 heteroatoms. The second-order valence-electron chi connectivity index (χ2n) is 10.6. The van der Waals surface area contributed by atoms with E-state index in [1.54, 1.807) is 17.3 Å². The molecule has 4 aromatic rings. The first-order valence-electron chi connectivity index (χ1n) is 14.2.